The molecule has 0 bridgehead atoms. The van der Waals surface area contributed by atoms with Crippen LogP contribution in [-0.4, -0.2) is 41.2 Å². The van der Waals surface area contributed by atoms with E-state index >= 15 is 0 Å². The van der Waals surface area contributed by atoms with E-state index in [-0.39, 0.29) is 17.0 Å². The van der Waals surface area contributed by atoms with E-state index in [4.69, 9.17) is 9.47 Å². The molecule has 1 amide bonds. The Labute approximate surface area is 173 Å². The van der Waals surface area contributed by atoms with Crippen LogP contribution in [0, 0.1) is 11.6 Å². The summed E-state index contributed by atoms with van der Waals surface area (Å²) in [4.78, 5) is 28.6. The number of carbonyl (C=O) groups is 2. The number of aromatic nitrogens is 1. The average molecular weight is 422 g/mol. The number of esters is 1. The molecule has 9 heteroatoms. The molecule has 162 valence electrons. The number of hydrogen-bond acceptors (Lipinski definition) is 6. The van der Waals surface area contributed by atoms with Gasteiger partial charge in [-0.1, -0.05) is 13.8 Å². The summed E-state index contributed by atoms with van der Waals surface area (Å²) in [5, 5.41) is 12.4. The molecule has 0 aliphatic heterocycles. The van der Waals surface area contributed by atoms with Crippen LogP contribution < -0.4 is 10.1 Å². The summed E-state index contributed by atoms with van der Waals surface area (Å²) in [5.74, 6) is -3.23. The van der Waals surface area contributed by atoms with E-state index in [2.05, 4.69) is 10.3 Å². The van der Waals surface area contributed by atoms with Gasteiger partial charge in [-0.25, -0.2) is 18.6 Å². The van der Waals surface area contributed by atoms with Crippen molar-refractivity contribution >= 4 is 11.9 Å². The Balaban J connectivity index is 2.09. The van der Waals surface area contributed by atoms with Crippen molar-refractivity contribution in [1.29, 1.82) is 0 Å². The maximum Gasteiger partial charge on any atom is 0.328 e. The Kier molecular flexibility index (Phi) is 6.96. The second-order valence-corrected chi connectivity index (χ2v) is 7.33. The first-order valence-corrected chi connectivity index (χ1v) is 9.17. The Morgan fingerprint density at radius 2 is 1.87 bits per heavy atom. The van der Waals surface area contributed by atoms with Crippen molar-refractivity contribution in [3.05, 3.63) is 53.4 Å². The van der Waals surface area contributed by atoms with Gasteiger partial charge in [-0.2, -0.15) is 0 Å². The normalized spacial score (nSPS) is 13.3. The van der Waals surface area contributed by atoms with Gasteiger partial charge in [0.1, 0.15) is 23.8 Å². The zero-order chi connectivity index (χ0) is 22.6. The lowest BCUT2D eigenvalue weighted by atomic mass is 9.79. The van der Waals surface area contributed by atoms with Crippen LogP contribution >= 0.6 is 0 Å². The van der Waals surface area contributed by atoms with E-state index in [1.165, 1.54) is 26.3 Å². The van der Waals surface area contributed by atoms with Gasteiger partial charge in [0.05, 0.1) is 7.11 Å². The third-order valence-corrected chi connectivity index (χ3v) is 4.96. The van der Waals surface area contributed by atoms with Crippen LogP contribution in [0.3, 0.4) is 0 Å². The van der Waals surface area contributed by atoms with Gasteiger partial charge in [-0.15, -0.1) is 0 Å². The van der Waals surface area contributed by atoms with Crippen molar-refractivity contribution in [3.8, 4) is 11.5 Å². The number of aromatic hydroxyl groups is 1. The molecule has 0 aliphatic rings. The fourth-order valence-corrected chi connectivity index (χ4v) is 2.72. The molecule has 2 aromatic rings. The van der Waals surface area contributed by atoms with Crippen LogP contribution in [0.4, 0.5) is 8.78 Å². The van der Waals surface area contributed by atoms with Crippen molar-refractivity contribution in [3.63, 3.8) is 0 Å². The lowest BCUT2D eigenvalue weighted by molar-refractivity contribution is -0.153. The summed E-state index contributed by atoms with van der Waals surface area (Å²) in [6.45, 7) is 6.17. The first kappa shape index (κ1) is 23.1. The Hall–Kier alpha value is -3.23. The Morgan fingerprint density at radius 3 is 2.50 bits per heavy atom. The fraction of sp³-hybridized carbons (Fsp3) is 0.381. The number of halogens is 2. The van der Waals surface area contributed by atoms with Crippen LogP contribution in [-0.2, 0) is 14.9 Å². The molecule has 1 heterocycles. The van der Waals surface area contributed by atoms with Gasteiger partial charge < -0.3 is 19.9 Å². The fourth-order valence-electron chi connectivity index (χ4n) is 2.72. The Bertz CT molecular complexity index is 949. The molecule has 1 aromatic heterocycles. The standard InChI is InChI=1S/C21H24F2N2O5/c1-11(25-19(27)17-18(26)16(29-5)8-9-24-17)20(28)30-12(2)21(3,4)14-10-13(22)6-7-15(14)23/h6-12,26H,1-5H3,(H,25,27). The molecule has 2 unspecified atom stereocenters. The molecule has 0 fully saturated rings. The van der Waals surface area contributed by atoms with Crippen molar-refractivity contribution in [1.82, 2.24) is 10.3 Å². The molecule has 2 N–H and O–H groups in total. The van der Waals surface area contributed by atoms with E-state index in [0.29, 0.717) is 0 Å². The van der Waals surface area contributed by atoms with Gasteiger partial charge in [-0.05, 0) is 32.0 Å². The van der Waals surface area contributed by atoms with Crippen molar-refractivity contribution in [2.24, 2.45) is 0 Å². The van der Waals surface area contributed by atoms with Gasteiger partial charge in [0.25, 0.3) is 5.91 Å². The van der Waals surface area contributed by atoms with Crippen LogP contribution in [0.2, 0.25) is 0 Å². The number of amides is 1. The van der Waals surface area contributed by atoms with Gasteiger partial charge >= 0.3 is 5.97 Å². The number of hydrogen-bond donors (Lipinski definition) is 2. The summed E-state index contributed by atoms with van der Waals surface area (Å²) in [6, 6.07) is 3.35. The SMILES string of the molecule is COc1ccnc(C(=O)NC(C)C(=O)OC(C)C(C)(C)c2cc(F)ccc2F)c1O. The van der Waals surface area contributed by atoms with Crippen molar-refractivity contribution < 1.29 is 33.0 Å². The second kappa shape index (κ2) is 9.06. The molecule has 2 rings (SSSR count). The number of pyridine rings is 1. The molecule has 0 saturated heterocycles. The molecule has 7 nitrogen and oxygen atoms in total. The molecule has 0 saturated carbocycles. The molecule has 30 heavy (non-hydrogen) atoms. The second-order valence-electron chi connectivity index (χ2n) is 7.33. The first-order valence-electron chi connectivity index (χ1n) is 9.17. The predicted molar refractivity (Wildman–Crippen MR) is 104 cm³/mol. The highest BCUT2D eigenvalue weighted by atomic mass is 19.1. The number of carbonyl (C=O) groups excluding carboxylic acids is 2. The highest BCUT2D eigenvalue weighted by Gasteiger charge is 2.35. The van der Waals surface area contributed by atoms with Gasteiger partial charge in [-0.3, -0.25) is 4.79 Å². The van der Waals surface area contributed by atoms with Gasteiger partial charge in [0.15, 0.2) is 17.2 Å². The van der Waals surface area contributed by atoms with Crippen LogP contribution in [0.1, 0.15) is 43.7 Å². The quantitative estimate of drug-likeness (QED) is 0.666. The summed E-state index contributed by atoms with van der Waals surface area (Å²) in [7, 11) is 1.32. The minimum Gasteiger partial charge on any atom is -0.503 e. The van der Waals surface area contributed by atoms with Gasteiger partial charge in [0.2, 0.25) is 0 Å². The van der Waals surface area contributed by atoms with Crippen LogP contribution in [0.25, 0.3) is 0 Å². The smallest absolute Gasteiger partial charge is 0.328 e. The summed E-state index contributed by atoms with van der Waals surface area (Å²) >= 11 is 0. The minimum absolute atomic E-state index is 0.0536. The highest BCUT2D eigenvalue weighted by Crippen LogP contribution is 2.32. The monoisotopic (exact) mass is 422 g/mol. The van der Waals surface area contributed by atoms with Crippen molar-refractivity contribution in [2.75, 3.05) is 7.11 Å². The number of methoxy groups -OCH3 is 1. The molecule has 1 aromatic carbocycles. The molecule has 2 atom stereocenters. The maximum atomic E-state index is 14.2. The summed E-state index contributed by atoms with van der Waals surface area (Å²) < 4.78 is 38.0. The minimum atomic E-state index is -1.10. The van der Waals surface area contributed by atoms with E-state index in [9.17, 15) is 23.5 Å². The number of nitrogens with zero attached hydrogens (tertiary/aromatic N) is 1. The van der Waals surface area contributed by atoms with Crippen LogP contribution in [0.15, 0.2) is 30.5 Å². The number of ether oxygens (including phenoxy) is 2. The van der Waals surface area contributed by atoms with Gasteiger partial charge in [0, 0.05) is 23.2 Å². The Morgan fingerprint density at radius 1 is 1.20 bits per heavy atom. The largest absolute Gasteiger partial charge is 0.503 e. The predicted octanol–water partition coefficient (Wildman–Crippen LogP) is 3.10. The van der Waals surface area contributed by atoms with E-state index in [1.54, 1.807) is 20.8 Å². The summed E-state index contributed by atoms with van der Waals surface area (Å²) in [5.41, 5.74) is -1.30. The summed E-state index contributed by atoms with van der Waals surface area (Å²) in [6.07, 6.45) is 0.429. The molecular weight excluding hydrogens is 398 g/mol. The van der Waals surface area contributed by atoms with E-state index in [0.717, 1.165) is 18.2 Å². The number of rotatable bonds is 7. The molecule has 0 spiro atoms. The highest BCUT2D eigenvalue weighted by molar-refractivity contribution is 5.97. The zero-order valence-electron chi connectivity index (χ0n) is 17.3. The number of nitrogens with one attached hydrogen (secondary N) is 1. The molecule has 0 aliphatic carbocycles. The van der Waals surface area contributed by atoms with Crippen molar-refractivity contribution in [2.45, 2.75) is 45.3 Å². The topological polar surface area (TPSA) is 97.8 Å². The first-order chi connectivity index (χ1) is 14.0. The third-order valence-electron chi connectivity index (χ3n) is 4.96. The van der Waals surface area contributed by atoms with E-state index in [1.807, 2.05) is 0 Å². The lowest BCUT2D eigenvalue weighted by Crippen LogP contribution is -2.44. The molecular formula is C21H24F2N2O5. The zero-order valence-corrected chi connectivity index (χ0v) is 17.3. The third kappa shape index (κ3) is 4.84. The maximum absolute atomic E-state index is 14.2. The molecule has 0 radical (unpaired) electrons. The lowest BCUT2D eigenvalue weighted by Gasteiger charge is -2.33. The average Bonchev–Trinajstić information content (AvgIpc) is 2.69. The van der Waals surface area contributed by atoms with Crippen LogP contribution in [0.5, 0.6) is 11.5 Å². The number of benzene rings is 1. The van der Waals surface area contributed by atoms with E-state index < -0.39 is 46.8 Å².